The maximum atomic E-state index is 12.9. The third kappa shape index (κ3) is 2.28. The predicted octanol–water partition coefficient (Wildman–Crippen LogP) is 3.95. The first-order chi connectivity index (χ1) is 12.2. The van der Waals surface area contributed by atoms with E-state index in [0.717, 1.165) is 21.0 Å². The van der Waals surface area contributed by atoms with Gasteiger partial charge in [0, 0.05) is 16.4 Å². The number of carbonyl (C=O) groups excluding carboxylic acids is 1. The molecule has 5 rings (SSSR count). The Morgan fingerprint density at radius 1 is 0.960 bits per heavy atom. The SMILES string of the molecule is O=C1Oc2ccccc2[C@H]2c3sc(=O)[nH]c3S[C@@H](c3ccccc3)[C@@H]12. The lowest BCUT2D eigenvalue weighted by Gasteiger charge is -2.39. The Morgan fingerprint density at radius 2 is 1.72 bits per heavy atom. The summed E-state index contributed by atoms with van der Waals surface area (Å²) in [5.74, 6) is -0.125. The lowest BCUT2D eigenvalue weighted by molar-refractivity contribution is -0.140. The van der Waals surface area contributed by atoms with Crippen LogP contribution in [0.1, 0.15) is 27.2 Å². The molecule has 0 unspecified atom stereocenters. The van der Waals surface area contributed by atoms with E-state index in [2.05, 4.69) is 4.98 Å². The van der Waals surface area contributed by atoms with Crippen molar-refractivity contribution in [2.24, 2.45) is 5.92 Å². The third-order valence-corrected chi connectivity index (χ3v) is 7.19. The van der Waals surface area contributed by atoms with Gasteiger partial charge in [-0.15, -0.1) is 0 Å². The van der Waals surface area contributed by atoms with E-state index in [1.54, 1.807) is 11.8 Å². The van der Waals surface area contributed by atoms with Crippen LogP contribution in [0.5, 0.6) is 5.75 Å². The number of nitrogens with one attached hydrogen (secondary N) is 1. The molecule has 6 heteroatoms. The number of ether oxygens (including phenoxy) is 1. The number of para-hydroxylation sites is 1. The van der Waals surface area contributed by atoms with E-state index in [0.29, 0.717) is 5.75 Å². The molecule has 1 N–H and O–H groups in total. The van der Waals surface area contributed by atoms with Crippen molar-refractivity contribution in [3.05, 3.63) is 80.3 Å². The van der Waals surface area contributed by atoms with Crippen LogP contribution in [0, 0.1) is 5.92 Å². The molecule has 2 aliphatic rings. The topological polar surface area (TPSA) is 59.2 Å². The molecule has 3 heterocycles. The smallest absolute Gasteiger partial charge is 0.316 e. The summed E-state index contributed by atoms with van der Waals surface area (Å²) in [5, 5.41) is 0.777. The molecule has 0 aliphatic carbocycles. The number of hydrogen-bond acceptors (Lipinski definition) is 5. The predicted molar refractivity (Wildman–Crippen MR) is 97.4 cm³/mol. The van der Waals surface area contributed by atoms with Crippen molar-refractivity contribution in [3.63, 3.8) is 0 Å². The fourth-order valence-electron chi connectivity index (χ4n) is 3.68. The summed E-state index contributed by atoms with van der Waals surface area (Å²) < 4.78 is 5.64. The molecule has 2 aromatic carbocycles. The van der Waals surface area contributed by atoms with Crippen molar-refractivity contribution in [1.29, 1.82) is 0 Å². The van der Waals surface area contributed by atoms with Crippen LogP contribution >= 0.6 is 23.1 Å². The second-order valence-corrected chi connectivity index (χ2v) is 8.29. The first-order valence-electron chi connectivity index (χ1n) is 7.97. The fraction of sp³-hybridized carbons (Fsp3) is 0.158. The highest BCUT2D eigenvalue weighted by molar-refractivity contribution is 7.99. The molecule has 4 nitrogen and oxygen atoms in total. The molecule has 124 valence electrons. The Hall–Kier alpha value is -2.31. The third-order valence-electron chi connectivity index (χ3n) is 4.72. The summed E-state index contributed by atoms with van der Waals surface area (Å²) in [6.45, 7) is 0. The van der Waals surface area contributed by atoms with Gasteiger partial charge in [0.15, 0.2) is 0 Å². The van der Waals surface area contributed by atoms with Gasteiger partial charge < -0.3 is 9.72 Å². The lowest BCUT2D eigenvalue weighted by atomic mass is 9.78. The summed E-state index contributed by atoms with van der Waals surface area (Å²) in [5.41, 5.74) is 2.04. The number of esters is 1. The summed E-state index contributed by atoms with van der Waals surface area (Å²) in [7, 11) is 0. The zero-order valence-electron chi connectivity index (χ0n) is 13.0. The maximum absolute atomic E-state index is 12.9. The zero-order valence-corrected chi connectivity index (χ0v) is 14.6. The molecule has 1 aromatic heterocycles. The summed E-state index contributed by atoms with van der Waals surface area (Å²) in [4.78, 5) is 28.7. The molecule has 0 saturated heterocycles. The molecule has 0 bridgehead atoms. The summed E-state index contributed by atoms with van der Waals surface area (Å²) in [6, 6.07) is 17.6. The molecule has 3 aromatic rings. The molecule has 0 amide bonds. The van der Waals surface area contributed by atoms with Crippen molar-refractivity contribution in [2.45, 2.75) is 16.2 Å². The van der Waals surface area contributed by atoms with Crippen molar-refractivity contribution in [2.75, 3.05) is 0 Å². The van der Waals surface area contributed by atoms with Crippen LogP contribution in [0.25, 0.3) is 0 Å². The normalized spacial score (nSPS) is 24.0. The highest BCUT2D eigenvalue weighted by Crippen LogP contribution is 2.58. The number of rotatable bonds is 1. The molecule has 3 atom stereocenters. The highest BCUT2D eigenvalue weighted by Gasteiger charge is 2.49. The van der Waals surface area contributed by atoms with Gasteiger partial charge in [-0.3, -0.25) is 9.59 Å². The number of thioether (sulfide) groups is 1. The minimum absolute atomic E-state index is 0.0821. The van der Waals surface area contributed by atoms with Gasteiger partial charge in [-0.1, -0.05) is 71.6 Å². The van der Waals surface area contributed by atoms with Crippen LogP contribution < -0.4 is 9.61 Å². The minimum atomic E-state index is -0.346. The number of fused-ring (bicyclic) bond motifs is 5. The van der Waals surface area contributed by atoms with Crippen molar-refractivity contribution < 1.29 is 9.53 Å². The van der Waals surface area contributed by atoms with Crippen LogP contribution in [0.3, 0.4) is 0 Å². The molecule has 0 fully saturated rings. The molecule has 25 heavy (non-hydrogen) atoms. The number of aromatic amines is 1. The average molecular weight is 367 g/mol. The summed E-state index contributed by atoms with van der Waals surface area (Å²) in [6.07, 6.45) is 0. The van der Waals surface area contributed by atoms with Crippen LogP contribution in [-0.2, 0) is 4.79 Å². The molecule has 0 saturated carbocycles. The number of H-pyrrole nitrogens is 1. The molecular formula is C19H13NO3S2. The number of carbonyl (C=O) groups is 1. The van der Waals surface area contributed by atoms with Gasteiger partial charge in [-0.25, -0.2) is 0 Å². The average Bonchev–Trinajstić information content (AvgIpc) is 3.01. The molecule has 0 spiro atoms. The highest BCUT2D eigenvalue weighted by atomic mass is 32.2. The zero-order chi connectivity index (χ0) is 17.0. The van der Waals surface area contributed by atoms with Gasteiger partial charge in [0.1, 0.15) is 5.75 Å². The van der Waals surface area contributed by atoms with E-state index in [4.69, 9.17) is 4.74 Å². The van der Waals surface area contributed by atoms with E-state index in [1.165, 1.54) is 11.3 Å². The van der Waals surface area contributed by atoms with Gasteiger partial charge in [-0.2, -0.15) is 0 Å². The Morgan fingerprint density at radius 3 is 2.56 bits per heavy atom. The Kier molecular flexibility index (Phi) is 3.36. The van der Waals surface area contributed by atoms with Gasteiger partial charge in [-0.05, 0) is 11.6 Å². The number of benzene rings is 2. The molecular weight excluding hydrogens is 354 g/mol. The first-order valence-corrected chi connectivity index (χ1v) is 9.67. The second-order valence-electron chi connectivity index (χ2n) is 6.12. The molecule has 2 aliphatic heterocycles. The van der Waals surface area contributed by atoms with Crippen LogP contribution in [-0.4, -0.2) is 11.0 Å². The van der Waals surface area contributed by atoms with Crippen molar-refractivity contribution in [3.8, 4) is 5.75 Å². The van der Waals surface area contributed by atoms with Crippen LogP contribution in [0.2, 0.25) is 0 Å². The van der Waals surface area contributed by atoms with E-state index in [1.807, 2.05) is 54.6 Å². The van der Waals surface area contributed by atoms with Crippen molar-refractivity contribution in [1.82, 2.24) is 4.98 Å². The van der Waals surface area contributed by atoms with E-state index < -0.39 is 0 Å². The second kappa shape index (κ2) is 5.61. The van der Waals surface area contributed by atoms with Crippen molar-refractivity contribution >= 4 is 29.1 Å². The lowest BCUT2D eigenvalue weighted by Crippen LogP contribution is -2.37. The van der Waals surface area contributed by atoms with E-state index in [9.17, 15) is 9.59 Å². The summed E-state index contributed by atoms with van der Waals surface area (Å²) >= 11 is 2.75. The standard InChI is InChI=1S/C19H13NO3S2/c21-18-14-13(11-8-4-5-9-12(11)23-18)16-17(20-19(22)25-16)24-15(14)10-6-2-1-3-7-10/h1-9,13-15H,(H,20,22)/t13-,14+,15+/m1/s1. The number of hydrogen-bond donors (Lipinski definition) is 1. The van der Waals surface area contributed by atoms with Gasteiger partial charge >= 0.3 is 10.8 Å². The van der Waals surface area contributed by atoms with Gasteiger partial charge in [0.25, 0.3) is 0 Å². The van der Waals surface area contributed by atoms with Crippen LogP contribution in [0.15, 0.2) is 64.4 Å². The number of aromatic nitrogens is 1. The Balaban J connectivity index is 1.75. The fourth-order valence-corrected chi connectivity index (χ4v) is 6.26. The van der Waals surface area contributed by atoms with E-state index >= 15 is 0 Å². The first kappa shape index (κ1) is 15.0. The van der Waals surface area contributed by atoms with E-state index in [-0.39, 0.29) is 27.9 Å². The monoisotopic (exact) mass is 367 g/mol. The molecule has 0 radical (unpaired) electrons. The Bertz CT molecular complexity index is 1020. The van der Waals surface area contributed by atoms with Crippen LogP contribution in [0.4, 0.5) is 0 Å². The quantitative estimate of drug-likeness (QED) is 0.523. The van der Waals surface area contributed by atoms with Gasteiger partial charge in [0.2, 0.25) is 0 Å². The Labute approximate surface area is 151 Å². The maximum Gasteiger partial charge on any atom is 0.316 e. The number of thiazole rings is 1. The van der Waals surface area contributed by atoms with Gasteiger partial charge in [0.05, 0.1) is 16.2 Å². The minimum Gasteiger partial charge on any atom is -0.426 e. The largest absolute Gasteiger partial charge is 0.426 e.